The molecule has 0 saturated heterocycles. The average molecular weight is 223 g/mol. The summed E-state index contributed by atoms with van der Waals surface area (Å²) in [6.07, 6.45) is 4.83. The summed E-state index contributed by atoms with van der Waals surface area (Å²) in [5.41, 5.74) is 0. The standard InChI is InChI=1S/C8H18O.ClH.Fe/c1-3-5-6-8(4-2)7-9;;/h8-9H,3-7H2,1-2H3;1H;. The molecule has 11 heavy (non-hydrogen) atoms. The van der Waals surface area contributed by atoms with E-state index in [2.05, 4.69) is 13.8 Å². The smallest absolute Gasteiger partial charge is 0.0459 e. The van der Waals surface area contributed by atoms with Crippen molar-refractivity contribution in [3.63, 3.8) is 0 Å². The summed E-state index contributed by atoms with van der Waals surface area (Å²) < 4.78 is 0. The first-order valence-corrected chi connectivity index (χ1v) is 3.96. The van der Waals surface area contributed by atoms with Crippen molar-refractivity contribution in [1.82, 2.24) is 0 Å². The van der Waals surface area contributed by atoms with E-state index in [1.807, 2.05) is 0 Å². The minimum Gasteiger partial charge on any atom is -0.396 e. The Morgan fingerprint density at radius 1 is 1.27 bits per heavy atom. The van der Waals surface area contributed by atoms with Gasteiger partial charge in [0.05, 0.1) is 0 Å². The van der Waals surface area contributed by atoms with E-state index in [-0.39, 0.29) is 29.5 Å². The van der Waals surface area contributed by atoms with Gasteiger partial charge < -0.3 is 5.11 Å². The molecule has 1 unspecified atom stereocenters. The molecule has 0 bridgehead atoms. The van der Waals surface area contributed by atoms with Gasteiger partial charge in [0.1, 0.15) is 0 Å². The molecule has 0 amide bonds. The van der Waals surface area contributed by atoms with Crippen LogP contribution in [0.25, 0.3) is 0 Å². The summed E-state index contributed by atoms with van der Waals surface area (Å²) >= 11 is 0. The monoisotopic (exact) mass is 222 g/mol. The van der Waals surface area contributed by atoms with Crippen LogP contribution in [0.1, 0.15) is 39.5 Å². The summed E-state index contributed by atoms with van der Waals surface area (Å²) in [7, 11) is 0. The first-order valence-electron chi connectivity index (χ1n) is 3.96. The number of rotatable bonds is 5. The first kappa shape index (κ1) is 17.8. The van der Waals surface area contributed by atoms with E-state index in [1.54, 1.807) is 0 Å². The number of hydrogen-bond acceptors (Lipinski definition) is 1. The zero-order valence-electron chi connectivity index (χ0n) is 7.32. The normalized spacial score (nSPS) is 11.2. The molecule has 0 radical (unpaired) electrons. The molecule has 0 aliphatic heterocycles. The van der Waals surface area contributed by atoms with Gasteiger partial charge >= 0.3 is 0 Å². The molecule has 0 aliphatic carbocycles. The Balaban J connectivity index is -0.000000320. The quantitative estimate of drug-likeness (QED) is 0.709. The van der Waals surface area contributed by atoms with Crippen LogP contribution in [0.4, 0.5) is 0 Å². The molecule has 0 aromatic carbocycles. The van der Waals surface area contributed by atoms with E-state index in [0.29, 0.717) is 12.5 Å². The van der Waals surface area contributed by atoms with Crippen LogP contribution in [0.5, 0.6) is 0 Å². The molecule has 1 atom stereocenters. The molecular formula is C8H19ClFeO. The third-order valence-corrected chi connectivity index (χ3v) is 1.80. The molecule has 72 valence electrons. The molecule has 0 aromatic rings. The topological polar surface area (TPSA) is 20.2 Å². The Kier molecular flexibility index (Phi) is 21.6. The summed E-state index contributed by atoms with van der Waals surface area (Å²) in [5.74, 6) is 0.560. The Morgan fingerprint density at radius 2 is 1.82 bits per heavy atom. The van der Waals surface area contributed by atoms with Crippen molar-refractivity contribution in [2.24, 2.45) is 5.92 Å². The van der Waals surface area contributed by atoms with Gasteiger partial charge in [-0.25, -0.2) is 0 Å². The molecule has 1 nitrogen and oxygen atoms in total. The maximum absolute atomic E-state index is 8.75. The SMILES string of the molecule is CCCCC(CC)CO.Cl.[Fe]. The largest absolute Gasteiger partial charge is 0.396 e. The van der Waals surface area contributed by atoms with Gasteiger partial charge in [0, 0.05) is 23.7 Å². The first-order chi connectivity index (χ1) is 4.35. The molecule has 0 rings (SSSR count). The molecule has 1 N–H and O–H groups in total. The maximum Gasteiger partial charge on any atom is 0.0459 e. The number of aliphatic hydroxyl groups excluding tert-OH is 1. The minimum absolute atomic E-state index is 0. The fourth-order valence-electron chi connectivity index (χ4n) is 0.917. The predicted octanol–water partition coefficient (Wildman–Crippen LogP) is 2.61. The average Bonchev–Trinajstić information content (AvgIpc) is 1.91. The molecule has 0 saturated carbocycles. The van der Waals surface area contributed by atoms with Crippen molar-refractivity contribution in [2.45, 2.75) is 39.5 Å². The van der Waals surface area contributed by atoms with Crippen LogP contribution < -0.4 is 0 Å². The molecule has 0 aromatic heterocycles. The van der Waals surface area contributed by atoms with Crippen molar-refractivity contribution in [2.75, 3.05) is 6.61 Å². The van der Waals surface area contributed by atoms with Gasteiger partial charge in [0.25, 0.3) is 0 Å². The van der Waals surface area contributed by atoms with E-state index in [9.17, 15) is 0 Å². The molecule has 3 heteroatoms. The van der Waals surface area contributed by atoms with Crippen molar-refractivity contribution >= 4 is 12.4 Å². The molecule has 0 spiro atoms. The van der Waals surface area contributed by atoms with Crippen LogP contribution in [-0.2, 0) is 17.1 Å². The van der Waals surface area contributed by atoms with Crippen LogP contribution in [0.2, 0.25) is 0 Å². The summed E-state index contributed by atoms with van der Waals surface area (Å²) in [5, 5.41) is 8.75. The van der Waals surface area contributed by atoms with Crippen LogP contribution in [0, 0.1) is 5.92 Å². The number of aliphatic hydroxyl groups is 1. The summed E-state index contributed by atoms with van der Waals surface area (Å²) in [6.45, 7) is 4.69. The van der Waals surface area contributed by atoms with Gasteiger partial charge in [-0.3, -0.25) is 0 Å². The van der Waals surface area contributed by atoms with Crippen molar-refractivity contribution in [3.8, 4) is 0 Å². The van der Waals surface area contributed by atoms with E-state index >= 15 is 0 Å². The Labute approximate surface area is 86.8 Å². The predicted molar refractivity (Wildman–Crippen MR) is 47.6 cm³/mol. The van der Waals surface area contributed by atoms with E-state index < -0.39 is 0 Å². The van der Waals surface area contributed by atoms with Crippen LogP contribution in [0.3, 0.4) is 0 Å². The van der Waals surface area contributed by atoms with Crippen molar-refractivity contribution < 1.29 is 22.2 Å². The number of halogens is 1. The van der Waals surface area contributed by atoms with Crippen LogP contribution in [0.15, 0.2) is 0 Å². The number of unbranched alkanes of at least 4 members (excludes halogenated alkanes) is 1. The Bertz CT molecular complexity index is 58.1. The third-order valence-electron chi connectivity index (χ3n) is 1.80. The van der Waals surface area contributed by atoms with Gasteiger partial charge in [-0.15, -0.1) is 12.4 Å². The van der Waals surface area contributed by atoms with Gasteiger partial charge in [-0.2, -0.15) is 0 Å². The maximum atomic E-state index is 8.75. The summed E-state index contributed by atoms with van der Waals surface area (Å²) in [6, 6.07) is 0. The molecule has 0 heterocycles. The second-order valence-corrected chi connectivity index (χ2v) is 2.60. The van der Waals surface area contributed by atoms with Crippen molar-refractivity contribution in [3.05, 3.63) is 0 Å². The van der Waals surface area contributed by atoms with Crippen LogP contribution in [-0.4, -0.2) is 11.7 Å². The molecule has 0 fully saturated rings. The van der Waals surface area contributed by atoms with Gasteiger partial charge in [-0.1, -0.05) is 33.1 Å². The van der Waals surface area contributed by atoms with E-state index in [4.69, 9.17) is 5.11 Å². The zero-order chi connectivity index (χ0) is 7.11. The van der Waals surface area contributed by atoms with Gasteiger partial charge in [0.15, 0.2) is 0 Å². The fourth-order valence-corrected chi connectivity index (χ4v) is 0.917. The van der Waals surface area contributed by atoms with Crippen LogP contribution >= 0.6 is 12.4 Å². The molecular weight excluding hydrogens is 203 g/mol. The second-order valence-electron chi connectivity index (χ2n) is 2.60. The minimum atomic E-state index is 0. The van der Waals surface area contributed by atoms with E-state index in [1.165, 1.54) is 19.3 Å². The third kappa shape index (κ3) is 10.8. The second kappa shape index (κ2) is 13.4. The fraction of sp³-hybridized carbons (Fsp3) is 1.00. The zero-order valence-corrected chi connectivity index (χ0v) is 9.24. The number of hydrogen-bond donors (Lipinski definition) is 1. The van der Waals surface area contributed by atoms with Crippen molar-refractivity contribution in [1.29, 1.82) is 0 Å². The molecule has 0 aliphatic rings. The Morgan fingerprint density at radius 3 is 2.09 bits per heavy atom. The Hall–Kier alpha value is 0.769. The van der Waals surface area contributed by atoms with Gasteiger partial charge in [-0.05, 0) is 12.3 Å². The van der Waals surface area contributed by atoms with Gasteiger partial charge in [0.2, 0.25) is 0 Å². The van der Waals surface area contributed by atoms with E-state index in [0.717, 1.165) is 6.42 Å². The summed E-state index contributed by atoms with van der Waals surface area (Å²) in [4.78, 5) is 0.